The van der Waals surface area contributed by atoms with Crippen molar-refractivity contribution >= 4 is 28.7 Å². The Balaban J connectivity index is 1.75. The molecule has 0 saturated carbocycles. The van der Waals surface area contributed by atoms with E-state index in [9.17, 15) is 4.79 Å². The monoisotopic (exact) mass is 328 g/mol. The molecule has 0 radical (unpaired) electrons. The molecule has 0 fully saturated rings. The molecule has 0 bridgehead atoms. The minimum atomic E-state index is -0.0763. The Hall–Kier alpha value is -3.07. The molecule has 0 saturated heterocycles. The normalized spacial score (nSPS) is 11.6. The van der Waals surface area contributed by atoms with E-state index in [4.69, 9.17) is 0 Å². The topological polar surface area (TPSA) is 42.9 Å². The van der Waals surface area contributed by atoms with Crippen molar-refractivity contribution in [3.05, 3.63) is 83.0 Å². The van der Waals surface area contributed by atoms with E-state index in [2.05, 4.69) is 34.2 Å². The second-order valence-corrected chi connectivity index (χ2v) is 6.04. The van der Waals surface area contributed by atoms with Crippen LogP contribution in [0.25, 0.3) is 22.9 Å². The van der Waals surface area contributed by atoms with Gasteiger partial charge in [0.1, 0.15) is 0 Å². The van der Waals surface area contributed by atoms with E-state index < -0.39 is 0 Å². The average molecular weight is 328 g/mol. The third-order valence-corrected chi connectivity index (χ3v) is 4.14. The van der Waals surface area contributed by atoms with Gasteiger partial charge >= 0.3 is 0 Å². The summed E-state index contributed by atoms with van der Waals surface area (Å²) in [5, 5.41) is 2.35. The van der Waals surface area contributed by atoms with Crippen LogP contribution in [0.2, 0.25) is 0 Å². The summed E-state index contributed by atoms with van der Waals surface area (Å²) >= 11 is 0. The molecule has 124 valence electrons. The van der Waals surface area contributed by atoms with E-state index >= 15 is 0 Å². The van der Waals surface area contributed by atoms with Gasteiger partial charge in [-0.2, -0.15) is 0 Å². The number of hydrogen-bond acceptors (Lipinski definition) is 3. The van der Waals surface area contributed by atoms with Crippen LogP contribution < -0.4 is 0 Å². The van der Waals surface area contributed by atoms with E-state index in [1.165, 1.54) is 11.5 Å². The van der Waals surface area contributed by atoms with E-state index in [-0.39, 0.29) is 5.78 Å². The molecule has 0 aliphatic heterocycles. The lowest BCUT2D eigenvalue weighted by molar-refractivity contribution is -0.110. The second kappa shape index (κ2) is 7.22. The largest absolute Gasteiger partial charge is 0.290 e. The van der Waals surface area contributed by atoms with Gasteiger partial charge in [-0.15, -0.1) is 0 Å². The SMILES string of the molecule is Cc1nc(C)c(/C=C/C(=O)/C=C/c2ccc3ccccc3c2)nc1C. The van der Waals surface area contributed by atoms with Crippen LogP contribution in [0.4, 0.5) is 0 Å². The van der Waals surface area contributed by atoms with Gasteiger partial charge in [0, 0.05) is 0 Å². The highest BCUT2D eigenvalue weighted by Crippen LogP contribution is 2.16. The summed E-state index contributed by atoms with van der Waals surface area (Å²) in [6.07, 6.45) is 6.66. The first-order valence-electron chi connectivity index (χ1n) is 8.24. The van der Waals surface area contributed by atoms with E-state index in [1.54, 1.807) is 12.2 Å². The smallest absolute Gasteiger partial charge is 0.178 e. The standard InChI is InChI=1S/C22H20N2O/c1-15-16(2)24-22(17(3)23-15)13-12-21(25)11-9-18-8-10-19-6-4-5-7-20(19)14-18/h4-14H,1-3H3/b11-9+,13-12+. The van der Waals surface area contributed by atoms with Crippen molar-refractivity contribution in [2.24, 2.45) is 0 Å². The van der Waals surface area contributed by atoms with Gasteiger partial charge in [-0.3, -0.25) is 9.78 Å². The van der Waals surface area contributed by atoms with Crippen LogP contribution in [0.1, 0.15) is 28.3 Å². The Morgan fingerprint density at radius 3 is 2.28 bits per heavy atom. The quantitative estimate of drug-likeness (QED) is 0.643. The van der Waals surface area contributed by atoms with Crippen molar-refractivity contribution in [2.75, 3.05) is 0 Å². The van der Waals surface area contributed by atoms with Crippen LogP contribution in [-0.2, 0) is 4.79 Å². The van der Waals surface area contributed by atoms with Gasteiger partial charge in [0.05, 0.1) is 22.8 Å². The van der Waals surface area contributed by atoms with E-state index in [1.807, 2.05) is 45.0 Å². The summed E-state index contributed by atoms with van der Waals surface area (Å²) in [6, 6.07) is 14.3. The lowest BCUT2D eigenvalue weighted by Crippen LogP contribution is -1.99. The average Bonchev–Trinajstić information content (AvgIpc) is 2.61. The Bertz CT molecular complexity index is 1000. The molecule has 3 heteroatoms. The minimum Gasteiger partial charge on any atom is -0.290 e. The number of carbonyl (C=O) groups is 1. The fourth-order valence-electron chi connectivity index (χ4n) is 2.60. The highest BCUT2D eigenvalue weighted by Gasteiger charge is 2.02. The van der Waals surface area contributed by atoms with Crippen LogP contribution in [0.5, 0.6) is 0 Å². The first kappa shape index (κ1) is 16.8. The first-order valence-corrected chi connectivity index (χ1v) is 8.24. The van der Waals surface area contributed by atoms with Gasteiger partial charge in [-0.25, -0.2) is 4.98 Å². The van der Waals surface area contributed by atoms with Gasteiger partial charge < -0.3 is 0 Å². The number of nitrogens with zero attached hydrogens (tertiary/aromatic N) is 2. The highest BCUT2D eigenvalue weighted by molar-refractivity contribution is 6.04. The number of ketones is 1. The zero-order chi connectivity index (χ0) is 17.8. The lowest BCUT2D eigenvalue weighted by atomic mass is 10.1. The molecule has 0 atom stereocenters. The Labute approximate surface area is 147 Å². The van der Waals surface area contributed by atoms with Crippen molar-refractivity contribution in [1.82, 2.24) is 9.97 Å². The van der Waals surface area contributed by atoms with Crippen molar-refractivity contribution in [2.45, 2.75) is 20.8 Å². The summed E-state index contributed by atoms with van der Waals surface area (Å²) < 4.78 is 0. The van der Waals surface area contributed by atoms with Gasteiger partial charge in [-0.1, -0.05) is 42.5 Å². The van der Waals surface area contributed by atoms with E-state index in [0.29, 0.717) is 0 Å². The maximum absolute atomic E-state index is 12.1. The minimum absolute atomic E-state index is 0.0763. The summed E-state index contributed by atoms with van der Waals surface area (Å²) in [4.78, 5) is 21.0. The number of rotatable bonds is 4. The molecule has 2 aromatic carbocycles. The number of carbonyl (C=O) groups excluding carboxylic acids is 1. The Kier molecular flexibility index (Phi) is 4.85. The number of aryl methyl sites for hydroxylation is 3. The molecule has 3 rings (SSSR count). The van der Waals surface area contributed by atoms with Crippen LogP contribution in [0.3, 0.4) is 0 Å². The third kappa shape index (κ3) is 4.07. The maximum atomic E-state index is 12.1. The predicted molar refractivity (Wildman–Crippen MR) is 103 cm³/mol. The number of aromatic nitrogens is 2. The predicted octanol–water partition coefficient (Wildman–Crippen LogP) is 4.85. The van der Waals surface area contributed by atoms with Crippen molar-refractivity contribution in [1.29, 1.82) is 0 Å². The third-order valence-electron chi connectivity index (χ3n) is 4.14. The zero-order valence-electron chi connectivity index (χ0n) is 14.7. The van der Waals surface area contributed by atoms with Gasteiger partial charge in [0.2, 0.25) is 0 Å². The van der Waals surface area contributed by atoms with Crippen molar-refractivity contribution in [3.8, 4) is 0 Å². The van der Waals surface area contributed by atoms with Crippen molar-refractivity contribution in [3.63, 3.8) is 0 Å². The van der Waals surface area contributed by atoms with Crippen LogP contribution in [0.15, 0.2) is 54.6 Å². The molecule has 0 amide bonds. The van der Waals surface area contributed by atoms with Gasteiger partial charge in [0.15, 0.2) is 5.78 Å². The lowest BCUT2D eigenvalue weighted by Gasteiger charge is -2.03. The molecule has 0 aliphatic carbocycles. The molecule has 25 heavy (non-hydrogen) atoms. The van der Waals surface area contributed by atoms with E-state index in [0.717, 1.165) is 33.7 Å². The molecule has 0 N–H and O–H groups in total. The second-order valence-electron chi connectivity index (χ2n) is 6.04. The maximum Gasteiger partial charge on any atom is 0.178 e. The molecule has 1 aromatic heterocycles. The van der Waals surface area contributed by atoms with Gasteiger partial charge in [0.25, 0.3) is 0 Å². The number of fused-ring (bicyclic) bond motifs is 1. The van der Waals surface area contributed by atoms with Crippen molar-refractivity contribution < 1.29 is 4.79 Å². The summed E-state index contributed by atoms with van der Waals surface area (Å²) in [7, 11) is 0. The molecule has 3 aromatic rings. The molecule has 0 aliphatic rings. The molecular formula is C22H20N2O. The fourth-order valence-corrected chi connectivity index (χ4v) is 2.60. The van der Waals surface area contributed by atoms with Crippen LogP contribution in [-0.4, -0.2) is 15.8 Å². The Morgan fingerprint density at radius 1 is 0.800 bits per heavy atom. The molecule has 3 nitrogen and oxygen atoms in total. The van der Waals surface area contributed by atoms with Crippen LogP contribution >= 0.6 is 0 Å². The molecule has 0 spiro atoms. The highest BCUT2D eigenvalue weighted by atomic mass is 16.1. The first-order chi connectivity index (χ1) is 12.0. The molecule has 1 heterocycles. The zero-order valence-corrected chi connectivity index (χ0v) is 14.7. The number of hydrogen-bond donors (Lipinski definition) is 0. The van der Waals surface area contributed by atoms with Crippen LogP contribution in [0, 0.1) is 20.8 Å². The number of allylic oxidation sites excluding steroid dienone is 2. The summed E-state index contributed by atoms with van der Waals surface area (Å²) in [5.74, 6) is -0.0763. The number of benzene rings is 2. The molecular weight excluding hydrogens is 308 g/mol. The fraction of sp³-hybridized carbons (Fsp3) is 0.136. The Morgan fingerprint density at radius 2 is 1.48 bits per heavy atom. The summed E-state index contributed by atoms with van der Waals surface area (Å²) in [5.41, 5.74) is 4.35. The summed E-state index contributed by atoms with van der Waals surface area (Å²) in [6.45, 7) is 5.75. The molecule has 0 unspecified atom stereocenters. The van der Waals surface area contributed by atoms with Gasteiger partial charge in [-0.05, 0) is 61.4 Å².